The highest BCUT2D eigenvalue weighted by atomic mass is 16.2. The highest BCUT2D eigenvalue weighted by molar-refractivity contribution is 6.02. The molecule has 2 aliphatic heterocycles. The summed E-state index contributed by atoms with van der Waals surface area (Å²) in [6.45, 7) is 4.81. The van der Waals surface area contributed by atoms with E-state index in [0.29, 0.717) is 31.5 Å². The Morgan fingerprint density at radius 3 is 2.92 bits per heavy atom. The average Bonchev–Trinajstić information content (AvgIpc) is 2.84. The second-order valence-corrected chi connectivity index (χ2v) is 6.49. The molecule has 0 aromatic heterocycles. The molecule has 1 unspecified atom stereocenters. The predicted molar refractivity (Wildman–Crippen MR) is 95.4 cm³/mol. The monoisotopic (exact) mass is 341 g/mol. The van der Waals surface area contributed by atoms with Crippen LogP contribution in [0, 0.1) is 0 Å². The van der Waals surface area contributed by atoms with Crippen LogP contribution in [0.5, 0.6) is 0 Å². The van der Waals surface area contributed by atoms with Crippen molar-refractivity contribution < 1.29 is 14.4 Å². The van der Waals surface area contributed by atoms with Crippen molar-refractivity contribution in [2.24, 2.45) is 0 Å². The molecule has 132 valence electrons. The number of aryl methyl sites for hydroxylation is 1. The summed E-state index contributed by atoms with van der Waals surface area (Å²) in [7, 11) is 0. The van der Waals surface area contributed by atoms with Gasteiger partial charge in [-0.25, -0.2) is 0 Å². The van der Waals surface area contributed by atoms with Gasteiger partial charge in [-0.05, 0) is 55.5 Å². The van der Waals surface area contributed by atoms with Crippen molar-refractivity contribution in [3.05, 3.63) is 42.0 Å². The van der Waals surface area contributed by atoms with Crippen LogP contribution in [-0.4, -0.2) is 36.9 Å². The molecule has 0 spiro atoms. The molecule has 0 radical (unpaired) electrons. The molecule has 6 nitrogen and oxygen atoms in total. The van der Waals surface area contributed by atoms with Gasteiger partial charge in [0.15, 0.2) is 0 Å². The Bertz CT molecular complexity index is 714. The first-order chi connectivity index (χ1) is 12.1. The van der Waals surface area contributed by atoms with Crippen molar-refractivity contribution in [2.45, 2.75) is 38.1 Å². The number of rotatable bonds is 3. The van der Waals surface area contributed by atoms with Crippen molar-refractivity contribution in [3.8, 4) is 0 Å². The van der Waals surface area contributed by atoms with Crippen LogP contribution in [0.1, 0.15) is 41.6 Å². The summed E-state index contributed by atoms with van der Waals surface area (Å²) >= 11 is 0. The van der Waals surface area contributed by atoms with Crippen LogP contribution in [-0.2, 0) is 16.0 Å². The largest absolute Gasteiger partial charge is 0.356 e. The minimum Gasteiger partial charge on any atom is -0.356 e. The fourth-order valence-electron chi connectivity index (χ4n) is 3.41. The van der Waals surface area contributed by atoms with Crippen LogP contribution in [0.15, 0.2) is 30.9 Å². The van der Waals surface area contributed by atoms with E-state index in [-0.39, 0.29) is 23.8 Å². The molecular weight excluding hydrogens is 318 g/mol. The number of carbonyl (C=O) groups is 3. The smallest absolute Gasteiger partial charge is 0.251 e. The predicted octanol–water partition coefficient (Wildman–Crippen LogP) is 1.55. The van der Waals surface area contributed by atoms with E-state index in [9.17, 15) is 14.4 Å². The van der Waals surface area contributed by atoms with Crippen LogP contribution in [0.25, 0.3) is 0 Å². The minimum atomic E-state index is -0.130. The van der Waals surface area contributed by atoms with E-state index in [2.05, 4.69) is 17.2 Å². The fourth-order valence-corrected chi connectivity index (χ4v) is 3.41. The Hall–Kier alpha value is -2.63. The quantitative estimate of drug-likeness (QED) is 0.819. The van der Waals surface area contributed by atoms with Crippen LogP contribution in [0.2, 0.25) is 0 Å². The summed E-state index contributed by atoms with van der Waals surface area (Å²) < 4.78 is 0. The van der Waals surface area contributed by atoms with Crippen LogP contribution >= 0.6 is 0 Å². The van der Waals surface area contributed by atoms with Gasteiger partial charge in [-0.3, -0.25) is 14.4 Å². The van der Waals surface area contributed by atoms with E-state index in [1.165, 1.54) is 6.08 Å². The molecule has 1 aromatic rings. The lowest BCUT2D eigenvalue weighted by Crippen LogP contribution is -2.36. The highest BCUT2D eigenvalue weighted by Crippen LogP contribution is 2.28. The summed E-state index contributed by atoms with van der Waals surface area (Å²) in [6.07, 6.45) is 4.87. The number of hydrogen-bond acceptors (Lipinski definition) is 3. The summed E-state index contributed by atoms with van der Waals surface area (Å²) in [5, 5.41) is 5.83. The summed E-state index contributed by atoms with van der Waals surface area (Å²) in [6, 6.07) is 5.46. The van der Waals surface area contributed by atoms with Gasteiger partial charge in [0.05, 0.1) is 0 Å². The maximum absolute atomic E-state index is 12.6. The zero-order valence-corrected chi connectivity index (χ0v) is 14.2. The molecule has 2 N–H and O–H groups in total. The lowest BCUT2D eigenvalue weighted by atomic mass is 9.98. The first kappa shape index (κ1) is 17.2. The van der Waals surface area contributed by atoms with Gasteiger partial charge in [-0.15, -0.1) is 0 Å². The Kier molecular flexibility index (Phi) is 5.16. The van der Waals surface area contributed by atoms with Gasteiger partial charge >= 0.3 is 0 Å². The van der Waals surface area contributed by atoms with Crippen LogP contribution < -0.4 is 15.5 Å². The SMILES string of the molecule is C=CC(=O)N1CCCc2cc(C(=O)NC3CCNC(=O)CC3)ccc21. The minimum absolute atomic E-state index is 0.00123. The number of nitrogens with zero attached hydrogens (tertiary/aromatic N) is 1. The number of hydrogen-bond donors (Lipinski definition) is 2. The van der Waals surface area contributed by atoms with E-state index < -0.39 is 0 Å². The van der Waals surface area contributed by atoms with Crippen molar-refractivity contribution in [1.29, 1.82) is 0 Å². The Morgan fingerprint density at radius 1 is 1.28 bits per heavy atom. The highest BCUT2D eigenvalue weighted by Gasteiger charge is 2.23. The van der Waals surface area contributed by atoms with Crippen molar-refractivity contribution in [2.75, 3.05) is 18.0 Å². The van der Waals surface area contributed by atoms with E-state index >= 15 is 0 Å². The van der Waals surface area contributed by atoms with Crippen LogP contribution in [0.3, 0.4) is 0 Å². The van der Waals surface area contributed by atoms with Gasteiger partial charge in [0.2, 0.25) is 11.8 Å². The molecular formula is C19H23N3O3. The molecule has 1 saturated heterocycles. The molecule has 1 aromatic carbocycles. The molecule has 1 atom stereocenters. The molecule has 3 rings (SSSR count). The molecule has 0 saturated carbocycles. The number of amides is 3. The first-order valence-corrected chi connectivity index (χ1v) is 8.73. The Balaban J connectivity index is 1.73. The average molecular weight is 341 g/mol. The third-order valence-electron chi connectivity index (χ3n) is 4.77. The standard InChI is InChI=1S/C19H23N3O3/c1-2-18(24)22-11-3-4-13-12-14(5-7-16(13)22)19(25)21-15-6-8-17(23)20-10-9-15/h2,5,7,12,15H,1,3-4,6,8-11H2,(H,20,23)(H,21,25). The lowest BCUT2D eigenvalue weighted by Gasteiger charge is -2.29. The number of carbonyl (C=O) groups excluding carboxylic acids is 3. The number of nitrogens with one attached hydrogen (secondary N) is 2. The molecule has 6 heteroatoms. The molecule has 2 heterocycles. The zero-order chi connectivity index (χ0) is 17.8. The zero-order valence-electron chi connectivity index (χ0n) is 14.2. The third-order valence-corrected chi connectivity index (χ3v) is 4.77. The number of benzene rings is 1. The second-order valence-electron chi connectivity index (χ2n) is 6.49. The maximum atomic E-state index is 12.6. The molecule has 0 bridgehead atoms. The summed E-state index contributed by atoms with van der Waals surface area (Å²) in [5.41, 5.74) is 2.46. The molecule has 3 amide bonds. The van der Waals surface area contributed by atoms with Gasteiger partial charge in [0.25, 0.3) is 5.91 Å². The van der Waals surface area contributed by atoms with Crippen molar-refractivity contribution in [3.63, 3.8) is 0 Å². The van der Waals surface area contributed by atoms with Crippen molar-refractivity contribution in [1.82, 2.24) is 10.6 Å². The number of anilines is 1. The molecule has 25 heavy (non-hydrogen) atoms. The normalized spacial score (nSPS) is 20.1. The lowest BCUT2D eigenvalue weighted by molar-refractivity contribution is -0.120. The topological polar surface area (TPSA) is 78.5 Å². The van der Waals surface area contributed by atoms with Gasteiger partial charge in [-0.1, -0.05) is 6.58 Å². The Morgan fingerprint density at radius 2 is 2.12 bits per heavy atom. The number of fused-ring (bicyclic) bond motifs is 1. The second kappa shape index (κ2) is 7.51. The third kappa shape index (κ3) is 3.90. The van der Waals surface area contributed by atoms with Crippen molar-refractivity contribution >= 4 is 23.4 Å². The molecule has 1 fully saturated rings. The summed E-state index contributed by atoms with van der Waals surface area (Å²) in [5.74, 6) is -0.208. The molecule has 2 aliphatic rings. The van der Waals surface area contributed by atoms with Crippen LogP contribution in [0.4, 0.5) is 5.69 Å². The van der Waals surface area contributed by atoms with E-state index in [1.54, 1.807) is 11.0 Å². The van der Waals surface area contributed by atoms with E-state index in [1.807, 2.05) is 12.1 Å². The van der Waals surface area contributed by atoms with Gasteiger partial charge in [-0.2, -0.15) is 0 Å². The first-order valence-electron chi connectivity index (χ1n) is 8.73. The van der Waals surface area contributed by atoms with Gasteiger partial charge in [0, 0.05) is 36.8 Å². The molecule has 0 aliphatic carbocycles. The van der Waals surface area contributed by atoms with Gasteiger partial charge < -0.3 is 15.5 Å². The Labute approximate surface area is 147 Å². The van der Waals surface area contributed by atoms with E-state index in [4.69, 9.17) is 0 Å². The van der Waals surface area contributed by atoms with E-state index in [0.717, 1.165) is 30.5 Å². The maximum Gasteiger partial charge on any atom is 0.251 e. The fraction of sp³-hybridized carbons (Fsp3) is 0.421. The summed E-state index contributed by atoms with van der Waals surface area (Å²) in [4.78, 5) is 37.6. The van der Waals surface area contributed by atoms with Gasteiger partial charge in [0.1, 0.15) is 0 Å².